The summed E-state index contributed by atoms with van der Waals surface area (Å²) in [6, 6.07) is 18.4. The van der Waals surface area contributed by atoms with Gasteiger partial charge in [-0.2, -0.15) is 0 Å². The monoisotopic (exact) mass is 418 g/mol. The molecule has 4 aromatic rings. The Bertz CT molecular complexity index is 1120. The average Bonchev–Trinajstić information content (AvgIpc) is 2.67. The summed E-state index contributed by atoms with van der Waals surface area (Å²) in [6.07, 6.45) is 0. The summed E-state index contributed by atoms with van der Waals surface area (Å²) in [5.41, 5.74) is 2.65. The number of nitrogens with zero attached hydrogens (tertiary/aromatic N) is 2. The van der Waals surface area contributed by atoms with Gasteiger partial charge in [0.25, 0.3) is 0 Å². The van der Waals surface area contributed by atoms with Crippen LogP contribution in [0, 0.1) is 13.8 Å². The van der Waals surface area contributed by atoms with Crippen LogP contribution in [0.15, 0.2) is 60.7 Å². The first-order chi connectivity index (χ1) is 13.4. The van der Waals surface area contributed by atoms with Gasteiger partial charge in [0.2, 0.25) is 0 Å². The molecule has 2 aromatic heterocycles. The standard InChI is InChI=1S/2C11H9NO2.2Na/c2*1-7-6-8-4-2-3-5-9(8)12-10(7)11(13)14;;/h2*2-6H,1H3,(H,13,14);;/q;;2*+1/p-2. The molecule has 8 heteroatoms. The van der Waals surface area contributed by atoms with Crippen LogP contribution in [0.4, 0.5) is 0 Å². The van der Waals surface area contributed by atoms with Crippen molar-refractivity contribution in [3.63, 3.8) is 0 Å². The zero-order valence-corrected chi connectivity index (χ0v) is 21.3. The Balaban J connectivity index is 0.000000281. The SMILES string of the molecule is Cc1cc2ccccc2nc1C(=O)[O-].Cc1cc2ccccc2nc1C(=O)[O-].[Na+].[Na+]. The molecule has 6 nitrogen and oxygen atoms in total. The molecule has 0 saturated heterocycles. The van der Waals surface area contributed by atoms with Crippen molar-refractivity contribution in [2.75, 3.05) is 0 Å². The summed E-state index contributed by atoms with van der Waals surface area (Å²) < 4.78 is 0. The number of rotatable bonds is 2. The van der Waals surface area contributed by atoms with Crippen molar-refractivity contribution >= 4 is 33.7 Å². The van der Waals surface area contributed by atoms with Gasteiger partial charge in [-0.15, -0.1) is 0 Å². The fraction of sp³-hybridized carbons (Fsp3) is 0.0909. The van der Waals surface area contributed by atoms with E-state index in [9.17, 15) is 19.8 Å². The number of carboxylic acid groups (broad SMARTS) is 2. The van der Waals surface area contributed by atoms with Gasteiger partial charge in [-0.05, 0) is 49.2 Å². The van der Waals surface area contributed by atoms with Gasteiger partial charge >= 0.3 is 59.1 Å². The number of pyridine rings is 2. The number of aryl methyl sites for hydroxylation is 2. The predicted octanol–water partition coefficient (Wildman–Crippen LogP) is -4.18. The van der Waals surface area contributed by atoms with Gasteiger partial charge in [0.15, 0.2) is 0 Å². The maximum Gasteiger partial charge on any atom is 1.00 e. The molecule has 30 heavy (non-hydrogen) atoms. The number of carbonyl (C=O) groups is 2. The molecule has 0 aliphatic rings. The third kappa shape index (κ3) is 6.11. The number of carboxylic acids is 2. The normalized spacial score (nSPS) is 9.67. The Morgan fingerprint density at radius 3 is 1.33 bits per heavy atom. The van der Waals surface area contributed by atoms with Crippen LogP contribution in [-0.4, -0.2) is 21.9 Å². The van der Waals surface area contributed by atoms with Crippen molar-refractivity contribution in [3.05, 3.63) is 83.2 Å². The molecular formula is C22H16N2Na2O4. The van der Waals surface area contributed by atoms with Crippen LogP contribution in [0.5, 0.6) is 0 Å². The first-order valence-corrected chi connectivity index (χ1v) is 8.52. The topological polar surface area (TPSA) is 106 Å². The van der Waals surface area contributed by atoms with Gasteiger partial charge in [-0.1, -0.05) is 36.4 Å². The van der Waals surface area contributed by atoms with E-state index < -0.39 is 11.9 Å². The van der Waals surface area contributed by atoms with Crippen molar-refractivity contribution in [2.24, 2.45) is 0 Å². The zero-order chi connectivity index (χ0) is 20.3. The number of aromatic carboxylic acids is 2. The largest absolute Gasteiger partial charge is 1.00 e. The molecule has 0 unspecified atom stereocenters. The van der Waals surface area contributed by atoms with Gasteiger partial charge in [0, 0.05) is 10.8 Å². The van der Waals surface area contributed by atoms with E-state index in [1.807, 2.05) is 36.4 Å². The van der Waals surface area contributed by atoms with E-state index in [1.54, 1.807) is 38.1 Å². The molecule has 2 aromatic carbocycles. The molecule has 0 saturated carbocycles. The summed E-state index contributed by atoms with van der Waals surface area (Å²) in [5.74, 6) is -2.46. The molecular weight excluding hydrogens is 402 g/mol. The van der Waals surface area contributed by atoms with Crippen molar-refractivity contribution in [1.82, 2.24) is 9.97 Å². The van der Waals surface area contributed by atoms with E-state index in [0.29, 0.717) is 22.2 Å². The summed E-state index contributed by atoms with van der Waals surface area (Å²) >= 11 is 0. The Labute approximate surface area is 217 Å². The van der Waals surface area contributed by atoms with Gasteiger partial charge in [-0.25, -0.2) is 9.97 Å². The zero-order valence-electron chi connectivity index (χ0n) is 17.3. The average molecular weight is 418 g/mol. The molecule has 4 rings (SSSR count). The molecule has 0 N–H and O–H groups in total. The van der Waals surface area contributed by atoms with Crippen LogP contribution in [0.1, 0.15) is 32.1 Å². The molecule has 0 aliphatic heterocycles. The van der Waals surface area contributed by atoms with E-state index >= 15 is 0 Å². The van der Waals surface area contributed by atoms with Gasteiger partial charge in [-0.3, -0.25) is 0 Å². The molecule has 0 spiro atoms. The first kappa shape index (κ1) is 26.2. The molecule has 0 radical (unpaired) electrons. The number of fused-ring (bicyclic) bond motifs is 2. The fourth-order valence-corrected chi connectivity index (χ4v) is 2.86. The minimum atomic E-state index is -1.23. The van der Waals surface area contributed by atoms with Gasteiger partial charge < -0.3 is 19.8 Å². The van der Waals surface area contributed by atoms with Crippen molar-refractivity contribution in [2.45, 2.75) is 13.8 Å². The van der Waals surface area contributed by atoms with Gasteiger partial charge in [0.05, 0.1) is 34.4 Å². The molecule has 140 valence electrons. The first-order valence-electron chi connectivity index (χ1n) is 8.52. The van der Waals surface area contributed by atoms with Crippen LogP contribution < -0.4 is 69.3 Å². The molecule has 0 amide bonds. The van der Waals surface area contributed by atoms with Crippen molar-refractivity contribution in [3.8, 4) is 0 Å². The Morgan fingerprint density at radius 1 is 0.667 bits per heavy atom. The quantitative estimate of drug-likeness (QED) is 0.306. The fourth-order valence-electron chi connectivity index (χ4n) is 2.86. The number of aromatic nitrogens is 2. The van der Waals surface area contributed by atoms with Gasteiger partial charge in [0.1, 0.15) is 0 Å². The minimum absolute atomic E-state index is 0. The van der Waals surface area contributed by atoms with E-state index in [1.165, 1.54) is 0 Å². The molecule has 2 heterocycles. The third-order valence-electron chi connectivity index (χ3n) is 4.22. The van der Waals surface area contributed by atoms with E-state index in [2.05, 4.69) is 9.97 Å². The molecule has 0 fully saturated rings. The maximum absolute atomic E-state index is 10.7. The van der Waals surface area contributed by atoms with Crippen LogP contribution in [0.3, 0.4) is 0 Å². The maximum atomic E-state index is 10.7. The number of carbonyl (C=O) groups excluding carboxylic acids is 2. The number of hydrogen-bond acceptors (Lipinski definition) is 6. The van der Waals surface area contributed by atoms with Crippen molar-refractivity contribution in [1.29, 1.82) is 0 Å². The third-order valence-corrected chi connectivity index (χ3v) is 4.22. The Kier molecular flexibility index (Phi) is 10.1. The second-order valence-electron chi connectivity index (χ2n) is 6.27. The second-order valence-corrected chi connectivity index (χ2v) is 6.27. The summed E-state index contributed by atoms with van der Waals surface area (Å²) in [7, 11) is 0. The van der Waals surface area contributed by atoms with E-state index in [0.717, 1.165) is 10.8 Å². The second kappa shape index (κ2) is 11.6. The summed E-state index contributed by atoms with van der Waals surface area (Å²) in [6.45, 7) is 3.43. The number of benzene rings is 2. The summed E-state index contributed by atoms with van der Waals surface area (Å²) in [5, 5.41) is 23.3. The van der Waals surface area contributed by atoms with E-state index in [-0.39, 0.29) is 70.5 Å². The predicted molar refractivity (Wildman–Crippen MR) is 102 cm³/mol. The summed E-state index contributed by atoms with van der Waals surface area (Å²) in [4.78, 5) is 29.4. The Hall–Kier alpha value is -1.80. The van der Waals surface area contributed by atoms with Crippen LogP contribution in [0.25, 0.3) is 21.8 Å². The van der Waals surface area contributed by atoms with Crippen LogP contribution in [0.2, 0.25) is 0 Å². The van der Waals surface area contributed by atoms with Crippen LogP contribution in [-0.2, 0) is 0 Å². The smallest absolute Gasteiger partial charge is 0.543 e. The molecule has 0 bridgehead atoms. The van der Waals surface area contributed by atoms with Crippen LogP contribution >= 0.6 is 0 Å². The van der Waals surface area contributed by atoms with E-state index in [4.69, 9.17) is 0 Å². The van der Waals surface area contributed by atoms with Crippen molar-refractivity contribution < 1.29 is 78.9 Å². The molecule has 0 aliphatic carbocycles. The molecule has 0 atom stereocenters. The number of para-hydroxylation sites is 2. The Morgan fingerprint density at radius 2 is 1.00 bits per heavy atom. The number of hydrogen-bond donors (Lipinski definition) is 0. The minimum Gasteiger partial charge on any atom is -0.543 e.